The van der Waals surface area contributed by atoms with Gasteiger partial charge in [0.05, 0.1) is 6.61 Å². The third-order valence-corrected chi connectivity index (χ3v) is 3.07. The lowest BCUT2D eigenvalue weighted by molar-refractivity contribution is -0.143. The Bertz CT molecular complexity index is 269. The van der Waals surface area contributed by atoms with Crippen molar-refractivity contribution < 1.29 is 14.3 Å². The van der Waals surface area contributed by atoms with Gasteiger partial charge in [-0.2, -0.15) is 0 Å². The monoisotopic (exact) mass is 256 g/mol. The van der Waals surface area contributed by atoms with Gasteiger partial charge in [-0.3, -0.25) is 9.59 Å². The molecule has 1 saturated heterocycles. The second-order valence-electron chi connectivity index (χ2n) is 4.56. The van der Waals surface area contributed by atoms with E-state index in [1.807, 2.05) is 6.92 Å². The summed E-state index contributed by atoms with van der Waals surface area (Å²) in [6.07, 6.45) is 4.13. The first-order chi connectivity index (χ1) is 8.72. The van der Waals surface area contributed by atoms with Crippen LogP contribution >= 0.6 is 0 Å². The summed E-state index contributed by atoms with van der Waals surface area (Å²) >= 11 is 0. The van der Waals surface area contributed by atoms with E-state index < -0.39 is 0 Å². The Morgan fingerprint density at radius 3 is 2.94 bits per heavy atom. The smallest absolute Gasteiger partial charge is 0.305 e. The third-order valence-electron chi connectivity index (χ3n) is 3.07. The molecule has 0 bridgehead atoms. The molecule has 1 aliphatic rings. The van der Waals surface area contributed by atoms with Crippen LogP contribution in [0, 0.1) is 0 Å². The number of ether oxygens (including phenoxy) is 1. The Labute approximate surface area is 109 Å². The van der Waals surface area contributed by atoms with Gasteiger partial charge in [0.15, 0.2) is 0 Å². The fraction of sp³-hybridized carbons (Fsp3) is 0.846. The quantitative estimate of drug-likeness (QED) is 0.544. The largest absolute Gasteiger partial charge is 0.466 e. The van der Waals surface area contributed by atoms with Crippen molar-refractivity contribution in [2.45, 2.75) is 39.0 Å². The minimum Gasteiger partial charge on any atom is -0.466 e. The minimum absolute atomic E-state index is 0.0953. The number of nitrogens with one attached hydrogen (secondary N) is 1. The van der Waals surface area contributed by atoms with Crippen molar-refractivity contribution in [3.63, 3.8) is 0 Å². The number of amides is 1. The molecule has 1 heterocycles. The van der Waals surface area contributed by atoms with E-state index in [1.165, 1.54) is 0 Å². The molecule has 1 fully saturated rings. The SMILES string of the molecule is CCOC(=O)CCCCCN1CCNC(=O)CC1. The first-order valence-electron chi connectivity index (χ1n) is 6.87. The molecule has 1 rings (SSSR count). The second kappa shape index (κ2) is 8.91. The zero-order chi connectivity index (χ0) is 13.2. The highest BCUT2D eigenvalue weighted by Gasteiger charge is 2.12. The van der Waals surface area contributed by atoms with Crippen LogP contribution in [0.5, 0.6) is 0 Å². The van der Waals surface area contributed by atoms with E-state index in [4.69, 9.17) is 4.74 Å². The van der Waals surface area contributed by atoms with Gasteiger partial charge in [0.1, 0.15) is 0 Å². The number of unbranched alkanes of at least 4 members (excludes halogenated alkanes) is 2. The maximum Gasteiger partial charge on any atom is 0.305 e. The van der Waals surface area contributed by atoms with Crippen molar-refractivity contribution in [2.24, 2.45) is 0 Å². The normalized spacial score (nSPS) is 17.1. The van der Waals surface area contributed by atoms with Crippen molar-refractivity contribution in [3.05, 3.63) is 0 Å². The van der Waals surface area contributed by atoms with Gasteiger partial charge < -0.3 is 15.0 Å². The van der Waals surface area contributed by atoms with Gasteiger partial charge >= 0.3 is 5.97 Å². The zero-order valence-electron chi connectivity index (χ0n) is 11.2. The van der Waals surface area contributed by atoms with Crippen LogP contribution < -0.4 is 5.32 Å². The molecule has 104 valence electrons. The summed E-state index contributed by atoms with van der Waals surface area (Å²) in [5, 5.41) is 2.86. The average molecular weight is 256 g/mol. The second-order valence-corrected chi connectivity index (χ2v) is 4.56. The lowest BCUT2D eigenvalue weighted by Crippen LogP contribution is -2.29. The molecule has 18 heavy (non-hydrogen) atoms. The number of nitrogens with zero attached hydrogens (tertiary/aromatic N) is 1. The maximum absolute atomic E-state index is 11.2. The van der Waals surface area contributed by atoms with Crippen molar-refractivity contribution in [3.8, 4) is 0 Å². The maximum atomic E-state index is 11.2. The molecule has 5 nitrogen and oxygen atoms in total. The number of esters is 1. The van der Waals surface area contributed by atoms with Crippen LogP contribution in [0.15, 0.2) is 0 Å². The molecule has 0 aliphatic carbocycles. The van der Waals surface area contributed by atoms with E-state index in [0.29, 0.717) is 19.4 Å². The molecule has 1 N–H and O–H groups in total. The number of hydrogen-bond acceptors (Lipinski definition) is 4. The first kappa shape index (κ1) is 15.0. The standard InChI is InChI=1S/C13H24N2O3/c1-2-18-13(17)6-4-3-5-9-15-10-7-12(16)14-8-11-15/h2-11H2,1H3,(H,14,16). The molecule has 0 aromatic heterocycles. The van der Waals surface area contributed by atoms with Gasteiger partial charge in [-0.1, -0.05) is 6.42 Å². The summed E-state index contributed by atoms with van der Waals surface area (Å²) in [4.78, 5) is 24.6. The van der Waals surface area contributed by atoms with Crippen LogP contribution in [0.1, 0.15) is 39.0 Å². The highest BCUT2D eigenvalue weighted by molar-refractivity contribution is 5.76. The molecule has 0 atom stereocenters. The molecule has 0 spiro atoms. The van der Waals surface area contributed by atoms with Gasteiger partial charge in [0, 0.05) is 32.5 Å². The third kappa shape index (κ3) is 6.59. The summed E-state index contributed by atoms with van der Waals surface area (Å²) in [6.45, 7) is 5.84. The summed E-state index contributed by atoms with van der Waals surface area (Å²) < 4.78 is 4.87. The molecule has 1 aliphatic heterocycles. The fourth-order valence-electron chi connectivity index (χ4n) is 2.05. The van der Waals surface area contributed by atoms with Gasteiger partial charge in [-0.15, -0.1) is 0 Å². The van der Waals surface area contributed by atoms with Gasteiger partial charge in [-0.25, -0.2) is 0 Å². The van der Waals surface area contributed by atoms with Crippen molar-refractivity contribution >= 4 is 11.9 Å². The summed E-state index contributed by atoms with van der Waals surface area (Å²) in [6, 6.07) is 0. The van der Waals surface area contributed by atoms with Crippen molar-refractivity contribution in [2.75, 3.05) is 32.8 Å². The number of rotatable bonds is 7. The van der Waals surface area contributed by atoms with E-state index in [0.717, 1.165) is 45.4 Å². The summed E-state index contributed by atoms with van der Waals surface area (Å²) in [7, 11) is 0. The fourth-order valence-corrected chi connectivity index (χ4v) is 2.05. The molecule has 0 unspecified atom stereocenters. The van der Waals surface area contributed by atoms with Crippen molar-refractivity contribution in [1.82, 2.24) is 10.2 Å². The Balaban J connectivity index is 2.00. The molecule has 1 amide bonds. The minimum atomic E-state index is -0.0953. The van der Waals surface area contributed by atoms with E-state index >= 15 is 0 Å². The van der Waals surface area contributed by atoms with E-state index in [2.05, 4.69) is 10.2 Å². The molecular weight excluding hydrogens is 232 g/mol. The van der Waals surface area contributed by atoms with Crippen LogP contribution in [0.3, 0.4) is 0 Å². The lowest BCUT2D eigenvalue weighted by atomic mass is 10.2. The van der Waals surface area contributed by atoms with Gasteiger partial charge in [0.2, 0.25) is 5.91 Å². The summed E-state index contributed by atoms with van der Waals surface area (Å²) in [5.41, 5.74) is 0. The molecular formula is C13H24N2O3. The molecule has 0 saturated carbocycles. The van der Waals surface area contributed by atoms with Crippen LogP contribution in [-0.2, 0) is 14.3 Å². The average Bonchev–Trinajstić information content (AvgIpc) is 2.54. The van der Waals surface area contributed by atoms with Gasteiger partial charge in [0.25, 0.3) is 0 Å². The Hall–Kier alpha value is -1.10. The Kier molecular flexibility index (Phi) is 7.41. The number of hydrogen-bond donors (Lipinski definition) is 1. The first-order valence-corrected chi connectivity index (χ1v) is 6.87. The molecule has 5 heteroatoms. The van der Waals surface area contributed by atoms with E-state index in [1.54, 1.807) is 0 Å². The predicted molar refractivity (Wildman–Crippen MR) is 69.2 cm³/mol. The van der Waals surface area contributed by atoms with Crippen LogP contribution in [0.2, 0.25) is 0 Å². The Morgan fingerprint density at radius 1 is 1.33 bits per heavy atom. The molecule has 0 aromatic carbocycles. The summed E-state index contributed by atoms with van der Waals surface area (Å²) in [5.74, 6) is 0.0573. The van der Waals surface area contributed by atoms with E-state index in [9.17, 15) is 9.59 Å². The predicted octanol–water partition coefficient (Wildman–Crippen LogP) is 0.932. The van der Waals surface area contributed by atoms with Gasteiger partial charge in [-0.05, 0) is 26.3 Å². The molecule has 0 radical (unpaired) electrons. The van der Waals surface area contributed by atoms with Crippen LogP contribution in [-0.4, -0.2) is 49.6 Å². The topological polar surface area (TPSA) is 58.6 Å². The number of carbonyl (C=O) groups is 2. The van der Waals surface area contributed by atoms with Crippen molar-refractivity contribution in [1.29, 1.82) is 0 Å². The zero-order valence-corrected chi connectivity index (χ0v) is 11.2. The highest BCUT2D eigenvalue weighted by Crippen LogP contribution is 2.04. The number of carbonyl (C=O) groups excluding carboxylic acids is 2. The van der Waals surface area contributed by atoms with Crippen LogP contribution in [0.25, 0.3) is 0 Å². The van der Waals surface area contributed by atoms with E-state index in [-0.39, 0.29) is 11.9 Å². The lowest BCUT2D eigenvalue weighted by Gasteiger charge is -2.18. The Morgan fingerprint density at radius 2 is 2.17 bits per heavy atom. The van der Waals surface area contributed by atoms with Crippen LogP contribution in [0.4, 0.5) is 0 Å². The molecule has 0 aromatic rings. The highest BCUT2D eigenvalue weighted by atomic mass is 16.5.